The second-order valence-corrected chi connectivity index (χ2v) is 4.66. The molecule has 0 spiro atoms. The van der Waals surface area contributed by atoms with Crippen LogP contribution < -0.4 is 5.32 Å². The van der Waals surface area contributed by atoms with Crippen LogP contribution in [0.2, 0.25) is 0 Å². The zero-order valence-corrected chi connectivity index (χ0v) is 11.2. The number of carboxylic acids is 1. The third-order valence-electron chi connectivity index (χ3n) is 2.56. The van der Waals surface area contributed by atoms with E-state index in [1.54, 1.807) is 18.7 Å². The Morgan fingerprint density at radius 3 is 2.00 bits per heavy atom. The van der Waals surface area contributed by atoms with Crippen molar-refractivity contribution in [3.8, 4) is 0 Å². The van der Waals surface area contributed by atoms with E-state index in [4.69, 9.17) is 5.11 Å². The SMILES string of the molecule is CCCN(CCC)C(=O)CNC(C)(C)C(=O)O. The van der Waals surface area contributed by atoms with Crippen molar-refractivity contribution >= 4 is 11.9 Å². The number of hydrogen-bond acceptors (Lipinski definition) is 3. The Kier molecular flexibility index (Phi) is 6.80. The number of rotatable bonds is 8. The number of nitrogens with one attached hydrogen (secondary N) is 1. The largest absolute Gasteiger partial charge is 0.480 e. The minimum absolute atomic E-state index is 0.0389. The summed E-state index contributed by atoms with van der Waals surface area (Å²) in [6.45, 7) is 8.65. The second-order valence-electron chi connectivity index (χ2n) is 4.66. The summed E-state index contributed by atoms with van der Waals surface area (Å²) in [5.41, 5.74) is -1.07. The van der Waals surface area contributed by atoms with Crippen LogP contribution >= 0.6 is 0 Å². The molecular formula is C12H24N2O3. The van der Waals surface area contributed by atoms with Gasteiger partial charge in [-0.2, -0.15) is 0 Å². The molecule has 5 nitrogen and oxygen atoms in total. The van der Waals surface area contributed by atoms with E-state index in [9.17, 15) is 9.59 Å². The van der Waals surface area contributed by atoms with Gasteiger partial charge in [-0.1, -0.05) is 13.8 Å². The molecule has 0 saturated carbocycles. The molecule has 0 saturated heterocycles. The topological polar surface area (TPSA) is 69.6 Å². The fourth-order valence-corrected chi connectivity index (χ4v) is 1.39. The van der Waals surface area contributed by atoms with Crippen LogP contribution in [0, 0.1) is 0 Å². The van der Waals surface area contributed by atoms with E-state index in [1.807, 2.05) is 13.8 Å². The summed E-state index contributed by atoms with van der Waals surface area (Å²) in [6, 6.07) is 0. The summed E-state index contributed by atoms with van der Waals surface area (Å²) < 4.78 is 0. The molecule has 0 bridgehead atoms. The molecule has 0 aromatic heterocycles. The summed E-state index contributed by atoms with van der Waals surface area (Å²) >= 11 is 0. The van der Waals surface area contributed by atoms with Crippen LogP contribution in [0.4, 0.5) is 0 Å². The van der Waals surface area contributed by atoms with Crippen molar-refractivity contribution in [2.75, 3.05) is 19.6 Å². The summed E-state index contributed by atoms with van der Waals surface area (Å²) in [6.07, 6.45) is 1.82. The maximum Gasteiger partial charge on any atom is 0.323 e. The zero-order chi connectivity index (χ0) is 13.5. The van der Waals surface area contributed by atoms with E-state index in [0.29, 0.717) is 0 Å². The third kappa shape index (κ3) is 5.68. The molecule has 0 rings (SSSR count). The van der Waals surface area contributed by atoms with Crippen molar-refractivity contribution in [1.29, 1.82) is 0 Å². The normalized spacial score (nSPS) is 11.3. The summed E-state index contributed by atoms with van der Waals surface area (Å²) in [5.74, 6) is -0.995. The highest BCUT2D eigenvalue weighted by molar-refractivity contribution is 5.81. The molecule has 0 aliphatic rings. The van der Waals surface area contributed by atoms with E-state index in [0.717, 1.165) is 25.9 Å². The third-order valence-corrected chi connectivity index (χ3v) is 2.56. The average molecular weight is 244 g/mol. The van der Waals surface area contributed by atoms with Crippen LogP contribution in [0.25, 0.3) is 0 Å². The first-order valence-electron chi connectivity index (χ1n) is 6.11. The van der Waals surface area contributed by atoms with Gasteiger partial charge in [0.1, 0.15) is 5.54 Å². The lowest BCUT2D eigenvalue weighted by molar-refractivity contribution is -0.143. The van der Waals surface area contributed by atoms with Gasteiger partial charge in [0.15, 0.2) is 0 Å². The van der Waals surface area contributed by atoms with E-state index < -0.39 is 11.5 Å². The first-order chi connectivity index (χ1) is 7.85. The molecule has 0 aliphatic heterocycles. The Bertz CT molecular complexity index is 258. The van der Waals surface area contributed by atoms with Crippen molar-refractivity contribution < 1.29 is 14.7 Å². The minimum Gasteiger partial charge on any atom is -0.480 e. The zero-order valence-electron chi connectivity index (χ0n) is 11.2. The number of hydrogen-bond donors (Lipinski definition) is 2. The molecule has 0 unspecified atom stereocenters. The lowest BCUT2D eigenvalue weighted by atomic mass is 10.1. The molecular weight excluding hydrogens is 220 g/mol. The van der Waals surface area contributed by atoms with Gasteiger partial charge < -0.3 is 10.0 Å². The summed E-state index contributed by atoms with van der Waals surface area (Å²) in [7, 11) is 0. The molecule has 0 fully saturated rings. The van der Waals surface area contributed by atoms with Gasteiger partial charge in [0.25, 0.3) is 0 Å². The van der Waals surface area contributed by atoms with Gasteiger partial charge in [0.2, 0.25) is 5.91 Å². The van der Waals surface area contributed by atoms with E-state index >= 15 is 0 Å². The number of aliphatic carboxylic acids is 1. The van der Waals surface area contributed by atoms with Gasteiger partial charge >= 0.3 is 5.97 Å². The fraction of sp³-hybridized carbons (Fsp3) is 0.833. The predicted molar refractivity (Wildman–Crippen MR) is 66.9 cm³/mol. The fourth-order valence-electron chi connectivity index (χ4n) is 1.39. The van der Waals surface area contributed by atoms with Crippen LogP contribution in [0.15, 0.2) is 0 Å². The average Bonchev–Trinajstić information content (AvgIpc) is 2.25. The Morgan fingerprint density at radius 1 is 1.18 bits per heavy atom. The lowest BCUT2D eigenvalue weighted by Gasteiger charge is -2.25. The summed E-state index contributed by atoms with van der Waals surface area (Å²) in [4.78, 5) is 24.5. The van der Waals surface area contributed by atoms with Crippen LogP contribution in [0.5, 0.6) is 0 Å². The van der Waals surface area contributed by atoms with Gasteiger partial charge in [-0.05, 0) is 26.7 Å². The van der Waals surface area contributed by atoms with Crippen molar-refractivity contribution in [3.05, 3.63) is 0 Å². The highest BCUT2D eigenvalue weighted by atomic mass is 16.4. The van der Waals surface area contributed by atoms with Crippen LogP contribution in [0.1, 0.15) is 40.5 Å². The van der Waals surface area contributed by atoms with Crippen molar-refractivity contribution in [1.82, 2.24) is 10.2 Å². The lowest BCUT2D eigenvalue weighted by Crippen LogP contribution is -2.51. The second kappa shape index (κ2) is 7.27. The molecule has 100 valence electrons. The van der Waals surface area contributed by atoms with Crippen molar-refractivity contribution in [2.45, 2.75) is 46.1 Å². The molecule has 0 radical (unpaired) electrons. The Hall–Kier alpha value is -1.10. The predicted octanol–water partition coefficient (Wildman–Crippen LogP) is 1.09. The molecule has 1 amide bonds. The van der Waals surface area contributed by atoms with Gasteiger partial charge in [0, 0.05) is 13.1 Å². The first kappa shape index (κ1) is 15.9. The Balaban J connectivity index is 4.27. The first-order valence-corrected chi connectivity index (χ1v) is 6.11. The van der Waals surface area contributed by atoms with Gasteiger partial charge in [-0.15, -0.1) is 0 Å². The molecule has 17 heavy (non-hydrogen) atoms. The number of nitrogens with zero attached hydrogens (tertiary/aromatic N) is 1. The molecule has 5 heteroatoms. The van der Waals surface area contributed by atoms with Crippen LogP contribution in [0.3, 0.4) is 0 Å². The number of carboxylic acid groups (broad SMARTS) is 1. The molecule has 0 heterocycles. The van der Waals surface area contributed by atoms with Crippen LogP contribution in [-0.2, 0) is 9.59 Å². The highest BCUT2D eigenvalue weighted by Crippen LogP contribution is 2.02. The van der Waals surface area contributed by atoms with E-state index in [-0.39, 0.29) is 12.5 Å². The highest BCUT2D eigenvalue weighted by Gasteiger charge is 2.27. The number of carbonyl (C=O) groups is 2. The Morgan fingerprint density at radius 2 is 1.65 bits per heavy atom. The number of amides is 1. The van der Waals surface area contributed by atoms with E-state index in [2.05, 4.69) is 5.32 Å². The molecule has 0 atom stereocenters. The van der Waals surface area contributed by atoms with Crippen molar-refractivity contribution in [3.63, 3.8) is 0 Å². The maximum atomic E-state index is 11.9. The van der Waals surface area contributed by atoms with Gasteiger partial charge in [-0.25, -0.2) is 0 Å². The maximum absolute atomic E-state index is 11.9. The standard InChI is InChI=1S/C12H24N2O3/c1-5-7-14(8-6-2)10(15)9-13-12(3,4)11(16)17/h13H,5-9H2,1-4H3,(H,16,17). The molecule has 2 N–H and O–H groups in total. The van der Waals surface area contributed by atoms with E-state index in [1.165, 1.54) is 0 Å². The van der Waals surface area contributed by atoms with Crippen molar-refractivity contribution in [2.24, 2.45) is 0 Å². The minimum atomic E-state index is -1.07. The quantitative estimate of drug-likeness (QED) is 0.670. The van der Waals surface area contributed by atoms with Gasteiger partial charge in [0.05, 0.1) is 6.54 Å². The molecule has 0 aromatic rings. The van der Waals surface area contributed by atoms with Gasteiger partial charge in [-0.3, -0.25) is 14.9 Å². The molecule has 0 aliphatic carbocycles. The number of carbonyl (C=O) groups excluding carboxylic acids is 1. The van der Waals surface area contributed by atoms with Crippen LogP contribution in [-0.4, -0.2) is 47.1 Å². The Labute approximate surface area is 103 Å². The molecule has 0 aromatic carbocycles. The monoisotopic (exact) mass is 244 g/mol. The summed E-state index contributed by atoms with van der Waals surface area (Å²) in [5, 5.41) is 11.7. The smallest absolute Gasteiger partial charge is 0.323 e.